The fourth-order valence-corrected chi connectivity index (χ4v) is 3.30. The second-order valence-corrected chi connectivity index (χ2v) is 7.67. The van der Waals surface area contributed by atoms with Crippen molar-refractivity contribution >= 4 is 11.1 Å². The monoisotopic (exact) mass is 501 g/mol. The van der Waals surface area contributed by atoms with Gasteiger partial charge in [0.25, 0.3) is 0 Å². The minimum Gasteiger partial charge on any atom is -0.432 e. The zero-order chi connectivity index (χ0) is 26.7. The molecule has 11 heteroatoms. The van der Waals surface area contributed by atoms with E-state index in [1.165, 1.54) is 19.1 Å². The Morgan fingerprint density at radius 2 is 1.27 bits per heavy atom. The quantitative estimate of drug-likeness (QED) is 0.404. The fourth-order valence-electron chi connectivity index (χ4n) is 3.30. The van der Waals surface area contributed by atoms with Crippen molar-refractivity contribution in [1.82, 2.24) is 9.97 Å². The predicted octanol–water partition coefficient (Wildman–Crippen LogP) is 4.38. The van der Waals surface area contributed by atoms with Crippen molar-refractivity contribution in [2.75, 3.05) is 0 Å². The van der Waals surface area contributed by atoms with Crippen LogP contribution in [0.2, 0.25) is 0 Å². The predicted molar refractivity (Wildman–Crippen MR) is 122 cm³/mol. The summed E-state index contributed by atoms with van der Waals surface area (Å²) in [4.78, 5) is 8.70. The number of aromatic nitrogens is 2. The summed E-state index contributed by atoms with van der Waals surface area (Å²) in [6, 6.07) is 17.4. The molecule has 0 unspecified atom stereocenters. The first kappa shape index (κ1) is 24.8. The van der Waals surface area contributed by atoms with Gasteiger partial charge in [-0.2, -0.15) is 15.8 Å². The molecule has 0 aliphatic heterocycles. The maximum Gasteiger partial charge on any atom is 0.573 e. The second kappa shape index (κ2) is 9.73. The van der Waals surface area contributed by atoms with Crippen molar-refractivity contribution in [2.45, 2.75) is 20.2 Å². The number of alkyl halides is 3. The maximum absolute atomic E-state index is 12.6. The summed E-state index contributed by atoms with van der Waals surface area (Å²) in [5, 5.41) is 28.0. The van der Waals surface area contributed by atoms with Crippen LogP contribution in [0.5, 0.6) is 5.75 Å². The molecular weight excluding hydrogens is 487 g/mol. The van der Waals surface area contributed by atoms with Gasteiger partial charge in [0.05, 0.1) is 5.57 Å². The van der Waals surface area contributed by atoms with Crippen LogP contribution >= 0.6 is 0 Å². The lowest BCUT2D eigenvalue weighted by Gasteiger charge is -2.08. The number of hydrogen-bond donors (Lipinski definition) is 0. The molecule has 0 atom stereocenters. The summed E-state index contributed by atoms with van der Waals surface area (Å²) >= 11 is 0. The largest absolute Gasteiger partial charge is 0.573 e. The molecule has 0 spiro atoms. The average molecular weight is 501 g/mol. The van der Waals surface area contributed by atoms with E-state index >= 15 is 0 Å². The van der Waals surface area contributed by atoms with Gasteiger partial charge in [-0.15, -0.1) is 13.2 Å². The van der Waals surface area contributed by atoms with Crippen LogP contribution in [0, 0.1) is 51.7 Å². The molecule has 4 aromatic rings. The Bertz CT molecular complexity index is 1820. The Kier molecular flexibility index (Phi) is 6.51. The van der Waals surface area contributed by atoms with Crippen molar-refractivity contribution in [3.8, 4) is 46.5 Å². The first-order valence-corrected chi connectivity index (χ1v) is 10.5. The second-order valence-electron chi connectivity index (χ2n) is 7.67. The Morgan fingerprint density at radius 3 is 1.76 bits per heavy atom. The number of ether oxygens (including phenoxy) is 1. The summed E-state index contributed by atoms with van der Waals surface area (Å²) < 4.78 is 53.4. The molecule has 0 amide bonds. The summed E-state index contributed by atoms with van der Waals surface area (Å²) in [5.74, 6) is -0.454. The first-order chi connectivity index (χ1) is 17.6. The molecule has 0 fully saturated rings. The molecule has 0 saturated heterocycles. The van der Waals surface area contributed by atoms with Crippen molar-refractivity contribution in [1.29, 1.82) is 15.8 Å². The highest BCUT2D eigenvalue weighted by atomic mass is 19.4. The molecule has 8 nitrogen and oxygen atoms in total. The van der Waals surface area contributed by atoms with Gasteiger partial charge in [0.2, 0.25) is 21.9 Å². The first-order valence-electron chi connectivity index (χ1n) is 10.5. The van der Waals surface area contributed by atoms with Crippen LogP contribution in [0.1, 0.15) is 12.5 Å². The molecule has 2 aromatic heterocycles. The smallest absolute Gasteiger partial charge is 0.432 e. The molecule has 182 valence electrons. The SMILES string of the molecule is C/C(C#N)=c1\nc(-c2ccc(C)cc2)/c(=c2\oc(=C(C#N)C#N)nc2-c2ccc(OC(F)(F)F)cc2)o1. The average Bonchev–Trinajstić information content (AvgIpc) is 3.49. The highest BCUT2D eigenvalue weighted by Gasteiger charge is 2.31. The van der Waals surface area contributed by atoms with E-state index in [2.05, 4.69) is 14.7 Å². The Morgan fingerprint density at radius 1 is 0.784 bits per heavy atom. The molecule has 0 saturated carbocycles. The Balaban J connectivity index is 2.13. The molecule has 0 N–H and O–H groups in total. The zero-order valence-electron chi connectivity index (χ0n) is 19.2. The van der Waals surface area contributed by atoms with Crippen LogP contribution in [0.15, 0.2) is 57.4 Å². The van der Waals surface area contributed by atoms with E-state index in [9.17, 15) is 29.0 Å². The van der Waals surface area contributed by atoms with Crippen molar-refractivity contribution in [3.63, 3.8) is 0 Å². The number of halogens is 3. The van der Waals surface area contributed by atoms with Crippen LogP contribution in [-0.2, 0) is 0 Å². The van der Waals surface area contributed by atoms with Crippen molar-refractivity contribution < 1.29 is 26.7 Å². The minimum absolute atomic E-state index is 0.00988. The molecule has 4 rings (SSSR count). The summed E-state index contributed by atoms with van der Waals surface area (Å²) in [7, 11) is 0. The molecule has 0 radical (unpaired) electrons. The zero-order valence-corrected chi connectivity index (χ0v) is 19.2. The van der Waals surface area contributed by atoms with Gasteiger partial charge >= 0.3 is 6.36 Å². The fraction of sp³-hybridized carbons (Fsp3) is 0.115. The third-order valence-electron chi connectivity index (χ3n) is 5.07. The Hall–Kier alpha value is -5.34. The standard InChI is InChI=1S/C26H14F3N5O3/c1-14-3-5-16(6-4-14)20-22(35-24(33-20)15(2)11-30)23-21(34-25(36-23)18(12-31)13-32)17-7-9-19(10-8-17)37-26(27,28)29/h3-10H,1-2H3/b23-22+,24-15-. The summed E-state index contributed by atoms with van der Waals surface area (Å²) in [5.41, 5.74) is 1.69. The highest BCUT2D eigenvalue weighted by molar-refractivity contribution is 5.71. The number of aryl methyl sites for hydroxylation is 1. The van der Waals surface area contributed by atoms with E-state index in [1.807, 2.05) is 25.1 Å². The number of hydrogen-bond acceptors (Lipinski definition) is 8. The van der Waals surface area contributed by atoms with Gasteiger partial charge in [0, 0.05) is 11.1 Å². The van der Waals surface area contributed by atoms with E-state index in [1.54, 1.807) is 24.3 Å². The number of rotatable bonds is 3. The summed E-state index contributed by atoms with van der Waals surface area (Å²) in [6.45, 7) is 3.42. The van der Waals surface area contributed by atoms with Crippen LogP contribution in [0.25, 0.3) is 33.7 Å². The van der Waals surface area contributed by atoms with Gasteiger partial charge in [-0.1, -0.05) is 29.8 Å². The molecule has 0 aliphatic carbocycles. The maximum atomic E-state index is 12.6. The van der Waals surface area contributed by atoms with Gasteiger partial charge in [-0.05, 0) is 38.1 Å². The number of oxazole rings is 2. The molecule has 2 aromatic carbocycles. The van der Waals surface area contributed by atoms with Gasteiger partial charge in [-0.25, -0.2) is 9.97 Å². The van der Waals surface area contributed by atoms with E-state index in [-0.39, 0.29) is 38.8 Å². The number of nitrogens with zero attached hydrogens (tertiary/aromatic N) is 5. The number of nitriles is 3. The topological polar surface area (TPSA) is 133 Å². The molecule has 0 bridgehead atoms. The van der Waals surface area contributed by atoms with Gasteiger partial charge in [0.1, 0.15) is 35.3 Å². The third kappa shape index (κ3) is 5.19. The molecule has 2 heterocycles. The van der Waals surface area contributed by atoms with E-state index in [4.69, 9.17) is 8.83 Å². The van der Waals surface area contributed by atoms with E-state index < -0.39 is 17.7 Å². The van der Waals surface area contributed by atoms with Gasteiger partial charge < -0.3 is 13.6 Å². The third-order valence-corrected chi connectivity index (χ3v) is 5.07. The lowest BCUT2D eigenvalue weighted by Crippen LogP contribution is -2.16. The number of benzene rings is 2. The van der Waals surface area contributed by atoms with Gasteiger partial charge in [0.15, 0.2) is 5.57 Å². The molecular formula is C26H14F3N5O3. The highest BCUT2D eigenvalue weighted by Crippen LogP contribution is 2.27. The van der Waals surface area contributed by atoms with E-state index in [0.29, 0.717) is 11.3 Å². The van der Waals surface area contributed by atoms with Gasteiger partial charge in [-0.3, -0.25) is 0 Å². The normalized spacial score (nSPS) is 12.7. The lowest BCUT2D eigenvalue weighted by molar-refractivity contribution is -0.274. The molecule has 37 heavy (non-hydrogen) atoms. The molecule has 0 aliphatic rings. The lowest BCUT2D eigenvalue weighted by atomic mass is 10.1. The Labute approximate surface area is 206 Å². The van der Waals surface area contributed by atoms with Crippen LogP contribution < -0.4 is 15.8 Å². The minimum atomic E-state index is -4.87. The van der Waals surface area contributed by atoms with Crippen LogP contribution in [0.4, 0.5) is 13.2 Å². The summed E-state index contributed by atoms with van der Waals surface area (Å²) in [6.07, 6.45) is -4.87. The van der Waals surface area contributed by atoms with Crippen LogP contribution in [0.3, 0.4) is 0 Å². The van der Waals surface area contributed by atoms with Crippen LogP contribution in [-0.4, -0.2) is 16.3 Å². The van der Waals surface area contributed by atoms with Crippen molar-refractivity contribution in [3.05, 3.63) is 76.0 Å². The van der Waals surface area contributed by atoms with E-state index in [0.717, 1.165) is 17.7 Å². The van der Waals surface area contributed by atoms with Crippen molar-refractivity contribution in [2.24, 2.45) is 0 Å².